The third-order valence-electron chi connectivity index (χ3n) is 3.05. The zero-order valence-electron chi connectivity index (χ0n) is 8.33. The lowest BCUT2D eigenvalue weighted by molar-refractivity contribution is -0.169. The lowest BCUT2D eigenvalue weighted by Crippen LogP contribution is -2.63. The van der Waals surface area contributed by atoms with Crippen molar-refractivity contribution in [3.63, 3.8) is 0 Å². The number of ether oxygens (including phenoxy) is 2. The van der Waals surface area contributed by atoms with Crippen molar-refractivity contribution in [1.82, 2.24) is 0 Å². The molecule has 0 aromatic heterocycles. The number of nitrogens with two attached hydrogens (primary N) is 1. The van der Waals surface area contributed by atoms with Gasteiger partial charge in [0.1, 0.15) is 0 Å². The maximum atomic E-state index is 11.5. The summed E-state index contributed by atoms with van der Waals surface area (Å²) in [5.74, 6) is 0.263. The lowest BCUT2D eigenvalue weighted by Gasteiger charge is -2.35. The van der Waals surface area contributed by atoms with Gasteiger partial charge in [0.2, 0.25) is 0 Å². The summed E-state index contributed by atoms with van der Waals surface area (Å²) < 4.78 is 10.1. The summed E-state index contributed by atoms with van der Waals surface area (Å²) in [7, 11) is 0. The average molecular weight is 199 g/mol. The molecule has 14 heavy (non-hydrogen) atoms. The molecule has 1 aliphatic carbocycles. The molecular formula is C10H17NO3. The molecule has 0 bridgehead atoms. The fourth-order valence-electron chi connectivity index (χ4n) is 1.95. The van der Waals surface area contributed by atoms with E-state index < -0.39 is 5.54 Å². The SMILES string of the molecule is NC1(C(=O)OCC2CCCC2)COC1. The van der Waals surface area contributed by atoms with Gasteiger partial charge in [0.05, 0.1) is 19.8 Å². The van der Waals surface area contributed by atoms with Gasteiger partial charge in [-0.05, 0) is 18.8 Å². The van der Waals surface area contributed by atoms with Crippen molar-refractivity contribution in [2.24, 2.45) is 11.7 Å². The Kier molecular flexibility index (Phi) is 2.74. The van der Waals surface area contributed by atoms with Crippen molar-refractivity contribution in [2.75, 3.05) is 19.8 Å². The average Bonchev–Trinajstić information content (AvgIpc) is 2.62. The van der Waals surface area contributed by atoms with Crippen LogP contribution < -0.4 is 5.73 Å². The van der Waals surface area contributed by atoms with Crippen LogP contribution >= 0.6 is 0 Å². The minimum atomic E-state index is -0.849. The van der Waals surface area contributed by atoms with Gasteiger partial charge in [0.15, 0.2) is 5.54 Å². The van der Waals surface area contributed by atoms with Gasteiger partial charge in [-0.3, -0.25) is 0 Å². The van der Waals surface area contributed by atoms with Crippen molar-refractivity contribution in [2.45, 2.75) is 31.2 Å². The van der Waals surface area contributed by atoms with Crippen LogP contribution in [0.4, 0.5) is 0 Å². The molecular weight excluding hydrogens is 182 g/mol. The van der Waals surface area contributed by atoms with Crippen LogP contribution in [0.25, 0.3) is 0 Å². The molecule has 0 unspecified atom stereocenters. The van der Waals surface area contributed by atoms with Crippen LogP contribution in [0.3, 0.4) is 0 Å². The summed E-state index contributed by atoms with van der Waals surface area (Å²) in [6.07, 6.45) is 4.89. The number of rotatable bonds is 3. The van der Waals surface area contributed by atoms with Gasteiger partial charge in [0.25, 0.3) is 0 Å². The molecule has 0 aromatic carbocycles. The van der Waals surface area contributed by atoms with Crippen LogP contribution in [0.5, 0.6) is 0 Å². The van der Waals surface area contributed by atoms with Crippen LogP contribution in [0.1, 0.15) is 25.7 Å². The highest BCUT2D eigenvalue weighted by atomic mass is 16.6. The van der Waals surface area contributed by atoms with E-state index in [1.165, 1.54) is 25.7 Å². The summed E-state index contributed by atoms with van der Waals surface area (Å²) in [6, 6.07) is 0. The smallest absolute Gasteiger partial charge is 0.330 e. The predicted molar refractivity (Wildman–Crippen MR) is 50.7 cm³/mol. The van der Waals surface area contributed by atoms with Crippen molar-refractivity contribution in [3.05, 3.63) is 0 Å². The van der Waals surface area contributed by atoms with Gasteiger partial charge in [-0.15, -0.1) is 0 Å². The molecule has 4 heteroatoms. The maximum Gasteiger partial charge on any atom is 0.330 e. The monoisotopic (exact) mass is 199 g/mol. The molecule has 1 saturated heterocycles. The summed E-state index contributed by atoms with van der Waals surface area (Å²) in [6.45, 7) is 1.14. The number of carbonyl (C=O) groups excluding carboxylic acids is 1. The van der Waals surface area contributed by atoms with Gasteiger partial charge < -0.3 is 15.2 Å². The van der Waals surface area contributed by atoms with E-state index in [0.29, 0.717) is 25.7 Å². The molecule has 0 radical (unpaired) electrons. The third-order valence-corrected chi connectivity index (χ3v) is 3.05. The van der Waals surface area contributed by atoms with Gasteiger partial charge >= 0.3 is 5.97 Å². The molecule has 4 nitrogen and oxygen atoms in total. The molecule has 1 heterocycles. The molecule has 2 rings (SSSR count). The number of hydrogen-bond acceptors (Lipinski definition) is 4. The first-order valence-corrected chi connectivity index (χ1v) is 5.24. The van der Waals surface area contributed by atoms with Crippen LogP contribution in [0.2, 0.25) is 0 Å². The molecule has 2 N–H and O–H groups in total. The Morgan fingerprint density at radius 1 is 1.43 bits per heavy atom. The van der Waals surface area contributed by atoms with E-state index >= 15 is 0 Å². The second-order valence-corrected chi connectivity index (χ2v) is 4.40. The molecule has 1 aliphatic heterocycles. The van der Waals surface area contributed by atoms with Crippen LogP contribution in [-0.4, -0.2) is 31.3 Å². The highest BCUT2D eigenvalue weighted by molar-refractivity contribution is 5.81. The van der Waals surface area contributed by atoms with Gasteiger partial charge in [0, 0.05) is 0 Å². The Labute approximate surface area is 83.7 Å². The highest BCUT2D eigenvalue weighted by Crippen LogP contribution is 2.25. The minimum Gasteiger partial charge on any atom is -0.464 e. The second kappa shape index (κ2) is 3.87. The fraction of sp³-hybridized carbons (Fsp3) is 0.900. The van der Waals surface area contributed by atoms with Crippen LogP contribution in [-0.2, 0) is 14.3 Å². The topological polar surface area (TPSA) is 61.6 Å². The van der Waals surface area contributed by atoms with Crippen molar-refractivity contribution < 1.29 is 14.3 Å². The van der Waals surface area contributed by atoms with E-state index in [0.717, 1.165) is 0 Å². The van der Waals surface area contributed by atoms with E-state index in [9.17, 15) is 4.79 Å². The molecule has 80 valence electrons. The molecule has 2 fully saturated rings. The molecule has 0 amide bonds. The Morgan fingerprint density at radius 2 is 2.07 bits per heavy atom. The van der Waals surface area contributed by atoms with E-state index in [2.05, 4.69) is 0 Å². The number of carbonyl (C=O) groups is 1. The molecule has 2 aliphatic rings. The summed E-state index contributed by atoms with van der Waals surface area (Å²) in [5, 5.41) is 0. The normalized spacial score (nSPS) is 25.8. The third kappa shape index (κ3) is 1.91. The summed E-state index contributed by atoms with van der Waals surface area (Å²) >= 11 is 0. The molecule has 1 saturated carbocycles. The Hall–Kier alpha value is -0.610. The highest BCUT2D eigenvalue weighted by Gasteiger charge is 2.43. The Morgan fingerprint density at radius 3 is 2.57 bits per heavy atom. The van der Waals surface area contributed by atoms with Crippen molar-refractivity contribution in [3.8, 4) is 0 Å². The zero-order valence-corrected chi connectivity index (χ0v) is 8.33. The standard InChI is InChI=1S/C10H17NO3/c11-10(6-13-7-10)9(12)14-5-8-3-1-2-4-8/h8H,1-7,11H2. The first-order chi connectivity index (χ1) is 6.71. The quantitative estimate of drug-likeness (QED) is 0.670. The number of esters is 1. The van der Waals surface area contributed by atoms with E-state index in [-0.39, 0.29) is 5.97 Å². The summed E-state index contributed by atoms with van der Waals surface area (Å²) in [4.78, 5) is 11.5. The zero-order chi connectivity index (χ0) is 10.0. The Balaban J connectivity index is 1.71. The minimum absolute atomic E-state index is 0.296. The second-order valence-electron chi connectivity index (χ2n) is 4.40. The first kappa shape index (κ1) is 9.93. The van der Waals surface area contributed by atoms with E-state index in [1.807, 2.05) is 0 Å². The summed E-state index contributed by atoms with van der Waals surface area (Å²) in [5.41, 5.74) is 4.88. The van der Waals surface area contributed by atoms with Crippen molar-refractivity contribution in [1.29, 1.82) is 0 Å². The number of hydrogen-bond donors (Lipinski definition) is 1. The first-order valence-electron chi connectivity index (χ1n) is 5.24. The van der Waals surface area contributed by atoms with Crippen LogP contribution in [0.15, 0.2) is 0 Å². The van der Waals surface area contributed by atoms with E-state index in [4.69, 9.17) is 15.2 Å². The van der Waals surface area contributed by atoms with Gasteiger partial charge in [-0.1, -0.05) is 12.8 Å². The van der Waals surface area contributed by atoms with E-state index in [1.54, 1.807) is 0 Å². The fourth-order valence-corrected chi connectivity index (χ4v) is 1.95. The largest absolute Gasteiger partial charge is 0.464 e. The lowest BCUT2D eigenvalue weighted by atomic mass is 10.00. The van der Waals surface area contributed by atoms with Crippen LogP contribution in [0, 0.1) is 5.92 Å². The molecule has 0 spiro atoms. The molecule has 0 aromatic rings. The predicted octanol–water partition coefficient (Wildman–Crippen LogP) is 0.447. The van der Waals surface area contributed by atoms with Crippen molar-refractivity contribution >= 4 is 5.97 Å². The maximum absolute atomic E-state index is 11.5. The van der Waals surface area contributed by atoms with Gasteiger partial charge in [-0.25, -0.2) is 4.79 Å². The molecule has 0 atom stereocenters. The van der Waals surface area contributed by atoms with Gasteiger partial charge in [-0.2, -0.15) is 0 Å². The Bertz CT molecular complexity index is 219.